The molecule has 0 saturated heterocycles. The number of nitrogens with zero attached hydrogens (tertiary/aromatic N) is 1. The van der Waals surface area contributed by atoms with E-state index in [2.05, 4.69) is 0 Å². The minimum atomic E-state index is -0.775. The molecule has 0 aromatic heterocycles. The van der Waals surface area contributed by atoms with Crippen molar-refractivity contribution >= 4 is 17.8 Å². The second kappa shape index (κ2) is 10.5. The molecule has 5 nitrogen and oxygen atoms in total. The highest BCUT2D eigenvalue weighted by molar-refractivity contribution is 6.17. The van der Waals surface area contributed by atoms with Crippen LogP contribution in [0.25, 0.3) is 0 Å². The summed E-state index contributed by atoms with van der Waals surface area (Å²) in [5.74, 6) is 0.623. The van der Waals surface area contributed by atoms with Gasteiger partial charge in [-0.15, -0.1) is 11.6 Å². The van der Waals surface area contributed by atoms with E-state index in [1.165, 1.54) is 5.23 Å². The number of halogens is 1. The Morgan fingerprint density at radius 1 is 1.13 bits per heavy atom. The van der Waals surface area contributed by atoms with Gasteiger partial charge < -0.3 is 9.57 Å². The molecular formula is C17H26ClNO4. The van der Waals surface area contributed by atoms with Crippen LogP contribution in [0.5, 0.6) is 0 Å². The van der Waals surface area contributed by atoms with Crippen molar-refractivity contribution in [1.82, 2.24) is 5.23 Å². The van der Waals surface area contributed by atoms with Crippen LogP contribution in [-0.2, 0) is 21.0 Å². The number of unbranched alkanes of at least 4 members (excludes halogenated alkanes) is 2. The Bertz CT molecular complexity index is 448. The van der Waals surface area contributed by atoms with Gasteiger partial charge in [0.15, 0.2) is 0 Å². The minimum Gasteiger partial charge on any atom is -0.427 e. The van der Waals surface area contributed by atoms with Crippen molar-refractivity contribution in [3.05, 3.63) is 35.9 Å². The molecule has 0 unspecified atom stereocenters. The van der Waals surface area contributed by atoms with Gasteiger partial charge in [-0.05, 0) is 44.4 Å². The summed E-state index contributed by atoms with van der Waals surface area (Å²) in [5, 5.41) is 1.19. The van der Waals surface area contributed by atoms with E-state index in [9.17, 15) is 4.79 Å². The fraction of sp³-hybridized carbons (Fsp3) is 0.588. The lowest BCUT2D eigenvalue weighted by atomic mass is 10.2. The maximum atomic E-state index is 11.8. The molecule has 1 rings (SSSR count). The molecule has 0 fully saturated rings. The summed E-state index contributed by atoms with van der Waals surface area (Å²) in [7, 11) is 0. The summed E-state index contributed by atoms with van der Waals surface area (Å²) in [4.78, 5) is 22.5. The Labute approximate surface area is 143 Å². The number of hydroxylamine groups is 2. The molecule has 0 bridgehead atoms. The number of benzene rings is 1. The molecule has 23 heavy (non-hydrogen) atoms. The van der Waals surface area contributed by atoms with E-state index in [4.69, 9.17) is 26.0 Å². The Balaban J connectivity index is 2.48. The number of carbonyl (C=O) groups is 1. The zero-order chi connectivity index (χ0) is 17.1. The lowest BCUT2D eigenvalue weighted by Gasteiger charge is -2.23. The van der Waals surface area contributed by atoms with E-state index in [-0.39, 0.29) is 0 Å². The topological polar surface area (TPSA) is 48.0 Å². The summed E-state index contributed by atoms with van der Waals surface area (Å²) < 4.78 is 5.14. The SMILES string of the molecule is CC(C)(C)OC(=O)ON(CCCCCCl)OCc1ccccc1. The fourth-order valence-electron chi connectivity index (χ4n) is 1.72. The molecule has 0 saturated carbocycles. The first kappa shape index (κ1) is 19.7. The first-order valence-electron chi connectivity index (χ1n) is 7.82. The van der Waals surface area contributed by atoms with Gasteiger partial charge in [0.1, 0.15) is 5.60 Å². The van der Waals surface area contributed by atoms with Crippen LogP contribution in [0.3, 0.4) is 0 Å². The predicted octanol–water partition coefficient (Wildman–Crippen LogP) is 4.70. The molecule has 0 radical (unpaired) electrons. The number of hydrogen-bond donors (Lipinski definition) is 0. The summed E-state index contributed by atoms with van der Waals surface area (Å²) in [6.07, 6.45) is 1.89. The zero-order valence-electron chi connectivity index (χ0n) is 14.1. The van der Waals surface area contributed by atoms with Gasteiger partial charge >= 0.3 is 6.16 Å². The molecule has 0 aliphatic carbocycles. The van der Waals surface area contributed by atoms with Gasteiger partial charge in [-0.2, -0.15) is 0 Å². The molecule has 0 amide bonds. The van der Waals surface area contributed by atoms with Crippen molar-refractivity contribution in [3.63, 3.8) is 0 Å². The maximum absolute atomic E-state index is 11.8. The van der Waals surface area contributed by atoms with Crippen molar-refractivity contribution in [2.24, 2.45) is 0 Å². The average molecular weight is 344 g/mol. The number of ether oxygens (including phenoxy) is 1. The molecule has 0 heterocycles. The van der Waals surface area contributed by atoms with Crippen LogP contribution < -0.4 is 0 Å². The van der Waals surface area contributed by atoms with Crippen molar-refractivity contribution < 1.29 is 19.2 Å². The summed E-state index contributed by atoms with van der Waals surface area (Å²) >= 11 is 5.66. The van der Waals surface area contributed by atoms with Crippen LogP contribution in [-0.4, -0.2) is 29.4 Å². The van der Waals surface area contributed by atoms with Crippen molar-refractivity contribution in [2.75, 3.05) is 12.4 Å². The maximum Gasteiger partial charge on any atom is 0.530 e. The van der Waals surface area contributed by atoms with E-state index in [0.717, 1.165) is 24.8 Å². The average Bonchev–Trinajstić information content (AvgIpc) is 2.48. The first-order valence-corrected chi connectivity index (χ1v) is 8.35. The Morgan fingerprint density at radius 2 is 1.83 bits per heavy atom. The van der Waals surface area contributed by atoms with E-state index in [1.54, 1.807) is 20.8 Å². The molecule has 1 aromatic carbocycles. The Kier molecular flexibility index (Phi) is 8.99. The Morgan fingerprint density at radius 3 is 2.43 bits per heavy atom. The molecule has 0 atom stereocenters. The van der Waals surface area contributed by atoms with Gasteiger partial charge in [-0.3, -0.25) is 4.84 Å². The summed E-state index contributed by atoms with van der Waals surface area (Å²) in [6.45, 7) is 6.12. The highest BCUT2D eigenvalue weighted by atomic mass is 35.5. The van der Waals surface area contributed by atoms with Crippen LogP contribution in [0, 0.1) is 0 Å². The van der Waals surface area contributed by atoms with Gasteiger partial charge in [-0.1, -0.05) is 36.8 Å². The molecule has 130 valence electrons. The second-order valence-electron chi connectivity index (χ2n) is 6.12. The molecule has 0 aliphatic heterocycles. The molecule has 1 aromatic rings. The van der Waals surface area contributed by atoms with E-state index < -0.39 is 11.8 Å². The normalized spacial score (nSPS) is 11.5. The smallest absolute Gasteiger partial charge is 0.427 e. The van der Waals surface area contributed by atoms with Crippen molar-refractivity contribution in [3.8, 4) is 0 Å². The highest BCUT2D eigenvalue weighted by Gasteiger charge is 2.21. The standard InChI is InChI=1S/C17H26ClNO4/c1-17(2,3)22-16(20)23-19(13-9-5-8-12-18)21-14-15-10-6-4-7-11-15/h4,6-7,10-11H,5,8-9,12-14H2,1-3H3. The second-order valence-corrected chi connectivity index (χ2v) is 6.50. The van der Waals surface area contributed by atoms with Gasteiger partial charge in [-0.25, -0.2) is 4.79 Å². The van der Waals surface area contributed by atoms with Crippen molar-refractivity contribution in [1.29, 1.82) is 0 Å². The Hall–Kier alpha value is -1.30. The molecule has 6 heteroatoms. The minimum absolute atomic E-state index is 0.319. The number of hydrogen-bond acceptors (Lipinski definition) is 5. The molecule has 0 spiro atoms. The quantitative estimate of drug-likeness (QED) is 0.281. The summed E-state index contributed by atoms with van der Waals surface area (Å²) in [6, 6.07) is 9.68. The lowest BCUT2D eigenvalue weighted by molar-refractivity contribution is -0.350. The van der Waals surface area contributed by atoms with Gasteiger partial charge in [0.25, 0.3) is 0 Å². The van der Waals surface area contributed by atoms with Crippen LogP contribution in [0.4, 0.5) is 4.79 Å². The fourth-order valence-corrected chi connectivity index (χ4v) is 1.91. The first-order chi connectivity index (χ1) is 10.9. The molecular weight excluding hydrogens is 318 g/mol. The van der Waals surface area contributed by atoms with E-state index >= 15 is 0 Å². The highest BCUT2D eigenvalue weighted by Crippen LogP contribution is 2.11. The third-order valence-electron chi connectivity index (χ3n) is 2.76. The van der Waals surface area contributed by atoms with Gasteiger partial charge in [0.05, 0.1) is 13.2 Å². The third kappa shape index (κ3) is 10.2. The third-order valence-corrected chi connectivity index (χ3v) is 3.03. The largest absolute Gasteiger partial charge is 0.530 e. The lowest BCUT2D eigenvalue weighted by Crippen LogP contribution is -2.33. The van der Waals surface area contributed by atoms with Crippen LogP contribution in [0.2, 0.25) is 0 Å². The molecule has 0 aliphatic rings. The van der Waals surface area contributed by atoms with Crippen LogP contribution in [0.1, 0.15) is 45.6 Å². The number of carbonyl (C=O) groups excluding carboxylic acids is 1. The predicted molar refractivity (Wildman–Crippen MR) is 89.8 cm³/mol. The van der Waals surface area contributed by atoms with Gasteiger partial charge in [0, 0.05) is 5.88 Å². The number of rotatable bonds is 9. The number of alkyl halides is 1. The summed E-state index contributed by atoms with van der Waals surface area (Å²) in [5.41, 5.74) is 0.381. The van der Waals surface area contributed by atoms with Crippen LogP contribution in [0.15, 0.2) is 30.3 Å². The van der Waals surface area contributed by atoms with E-state index in [1.807, 2.05) is 30.3 Å². The van der Waals surface area contributed by atoms with Crippen LogP contribution >= 0.6 is 11.6 Å². The van der Waals surface area contributed by atoms with Gasteiger partial charge in [0.2, 0.25) is 0 Å². The zero-order valence-corrected chi connectivity index (χ0v) is 14.8. The van der Waals surface area contributed by atoms with E-state index in [0.29, 0.717) is 19.0 Å². The van der Waals surface area contributed by atoms with Crippen molar-refractivity contribution in [2.45, 2.75) is 52.2 Å². The monoisotopic (exact) mass is 343 g/mol. The molecule has 0 N–H and O–H groups in total.